The van der Waals surface area contributed by atoms with E-state index in [0.29, 0.717) is 0 Å². The lowest BCUT2D eigenvalue weighted by molar-refractivity contribution is 0.614. The van der Waals surface area contributed by atoms with E-state index in [1.165, 1.54) is 60.3 Å². The molecule has 1 nitrogen and oxygen atoms in total. The van der Waals surface area contributed by atoms with E-state index in [4.69, 9.17) is 13.3 Å². The Balaban J connectivity index is 2.25. The van der Waals surface area contributed by atoms with Crippen LogP contribution < -0.4 is 10.6 Å². The Morgan fingerprint density at radius 3 is 1.61 bits per heavy atom. The lowest BCUT2D eigenvalue weighted by atomic mass is 10.1. The molecule has 3 rings (SSSR count). The van der Waals surface area contributed by atoms with Crippen LogP contribution in [0.15, 0.2) is 48.5 Å². The largest absolute Gasteiger partial charge is 0.159 e. The van der Waals surface area contributed by atoms with Crippen LogP contribution in [0, 0.1) is 27.2 Å². The van der Waals surface area contributed by atoms with Crippen molar-refractivity contribution >= 4 is 25.4 Å². The molecule has 0 aliphatic carbocycles. The second-order valence-corrected chi connectivity index (χ2v) is 16.6. The Labute approximate surface area is 193 Å². The third kappa shape index (κ3) is 4.67. The zero-order chi connectivity index (χ0) is 22.6. The minimum Gasteiger partial charge on any atom is -0.159 e. The number of hydrogen-bond acceptors (Lipinski definition) is 1. The molecule has 170 valence electrons. The van der Waals surface area contributed by atoms with Gasteiger partial charge in [-0.05, 0) is 77.6 Å². The van der Waals surface area contributed by atoms with E-state index in [1.54, 1.807) is 0 Å². The first-order valence-electron chi connectivity index (χ1n) is 12.2. The molecule has 0 unspecified atom stereocenters. The van der Waals surface area contributed by atoms with Crippen molar-refractivity contribution < 1.29 is 0 Å². The molecular formula is C28H43NP2. The second kappa shape index (κ2) is 10.5. The first kappa shape index (κ1) is 24.9. The van der Waals surface area contributed by atoms with Crippen molar-refractivity contribution in [2.75, 3.05) is 6.54 Å². The van der Waals surface area contributed by atoms with Gasteiger partial charge in [-0.25, -0.2) is 0 Å². The van der Waals surface area contributed by atoms with Gasteiger partial charge in [-0.3, -0.25) is 0 Å². The van der Waals surface area contributed by atoms with E-state index < -0.39 is 14.8 Å². The van der Waals surface area contributed by atoms with Crippen molar-refractivity contribution in [2.24, 2.45) is 0 Å². The van der Waals surface area contributed by atoms with Gasteiger partial charge in [0.2, 0.25) is 0 Å². The molecule has 2 aromatic rings. The van der Waals surface area contributed by atoms with Crippen LogP contribution in [0.2, 0.25) is 0 Å². The maximum Gasteiger partial charge on any atom is 0.0906 e. The number of nitrogens with zero attached hydrogens (tertiary/aromatic N) is 1. The Morgan fingerprint density at radius 1 is 0.839 bits per heavy atom. The minimum absolute atomic E-state index is 0.742. The van der Waals surface area contributed by atoms with E-state index in [1.807, 2.05) is 0 Å². The van der Waals surface area contributed by atoms with Crippen LogP contribution in [0.25, 0.3) is 0 Å². The quantitative estimate of drug-likeness (QED) is 0.272. The molecule has 0 N–H and O–H groups in total. The Hall–Kier alpha value is -0.740. The van der Waals surface area contributed by atoms with Gasteiger partial charge < -0.3 is 0 Å². The van der Waals surface area contributed by atoms with Gasteiger partial charge in [0, 0.05) is 0 Å². The first-order chi connectivity index (χ1) is 14.8. The van der Waals surface area contributed by atoms with E-state index in [9.17, 15) is 0 Å². The van der Waals surface area contributed by atoms with Crippen LogP contribution in [0.3, 0.4) is 0 Å². The number of aryl methyl sites for hydroxylation is 2. The summed E-state index contributed by atoms with van der Waals surface area (Å²) in [6.07, 6.45) is 7.62. The average molecular weight is 456 g/mol. The first-order valence-corrected chi connectivity index (χ1v) is 16.2. The fraction of sp³-hybridized carbons (Fsp3) is 0.500. The van der Waals surface area contributed by atoms with Gasteiger partial charge in [-0.2, -0.15) is 6.66 Å². The molecule has 1 aliphatic heterocycles. The summed E-state index contributed by atoms with van der Waals surface area (Å²) in [5.74, 6) is 0. The molecule has 0 spiro atoms. The molecule has 0 amide bonds. The molecule has 2 aromatic carbocycles. The highest BCUT2D eigenvalue weighted by atomic mass is 31.2. The number of hydrogen-bond donors (Lipinski definition) is 0. The molecule has 2 atom stereocenters. The summed E-state index contributed by atoms with van der Waals surface area (Å²) >= 11 is 0. The van der Waals surface area contributed by atoms with Gasteiger partial charge in [0.25, 0.3) is 0 Å². The van der Waals surface area contributed by atoms with Crippen molar-refractivity contribution in [3.63, 3.8) is 0 Å². The Morgan fingerprint density at radius 2 is 1.26 bits per heavy atom. The number of unbranched alkanes of at least 4 members (excludes halogenated alkanes) is 1. The Bertz CT molecular complexity index is 770. The van der Waals surface area contributed by atoms with Crippen molar-refractivity contribution in [3.8, 4) is 0 Å². The van der Waals surface area contributed by atoms with E-state index >= 15 is 0 Å². The maximum atomic E-state index is 5.20. The van der Waals surface area contributed by atoms with Gasteiger partial charge >= 0.3 is 0 Å². The summed E-state index contributed by atoms with van der Waals surface area (Å²) in [6.45, 7) is 23.0. The maximum absolute atomic E-state index is 5.20. The van der Waals surface area contributed by atoms with Gasteiger partial charge in [-0.1, -0.05) is 62.6 Å². The molecule has 1 heterocycles. The van der Waals surface area contributed by atoms with E-state index in [0.717, 1.165) is 17.9 Å². The molecule has 3 heteroatoms. The van der Waals surface area contributed by atoms with Gasteiger partial charge in [0.15, 0.2) is 0 Å². The van der Waals surface area contributed by atoms with Crippen molar-refractivity contribution in [1.29, 1.82) is 0 Å². The topological polar surface area (TPSA) is 3.24 Å². The van der Waals surface area contributed by atoms with Crippen molar-refractivity contribution in [1.82, 2.24) is 4.44 Å². The molecule has 0 aromatic heterocycles. The average Bonchev–Trinajstić information content (AvgIpc) is 3.10. The lowest BCUT2D eigenvalue weighted by Crippen LogP contribution is -2.39. The number of rotatable bonds is 9. The smallest absolute Gasteiger partial charge is 0.0906 e. The van der Waals surface area contributed by atoms with Crippen LogP contribution in [-0.2, 0) is 0 Å². The van der Waals surface area contributed by atoms with Crippen molar-refractivity contribution in [2.45, 2.75) is 84.5 Å². The lowest BCUT2D eigenvalue weighted by Gasteiger charge is -2.51. The summed E-state index contributed by atoms with van der Waals surface area (Å²) in [6, 6.07) is 18.5. The van der Waals surface area contributed by atoms with Crippen LogP contribution >= 0.6 is 14.8 Å². The SMILES string of the molecule is [CH2-][P+](c1ccc(C)cc1)(c1ccc(C)cc1)N(CCCC)[P+]1([CH2-])[C@H](CC)CC[C@H]1CC. The fourth-order valence-electron chi connectivity index (χ4n) is 5.49. The summed E-state index contributed by atoms with van der Waals surface area (Å²) in [7, 11) is -3.59. The van der Waals surface area contributed by atoms with Gasteiger partial charge in [-0.15, -0.1) is 11.1 Å². The standard InChI is InChI=1S/C28H43NP2/c1-8-11-22-29(30(6)25(9-2)20-21-26(30)10-3)31(7,27-16-12-23(4)13-17-27)28-18-14-24(5)15-19-28/h12-19,25-26H,6-11,20-22H2,1-5H3/t25-,26-/m1/s1. The third-order valence-corrected chi connectivity index (χ3v) is 17.5. The van der Waals surface area contributed by atoms with Crippen LogP contribution in [0.1, 0.15) is 70.4 Å². The van der Waals surface area contributed by atoms with Crippen LogP contribution in [0.4, 0.5) is 0 Å². The van der Waals surface area contributed by atoms with E-state index in [-0.39, 0.29) is 0 Å². The molecule has 0 radical (unpaired) electrons. The van der Waals surface area contributed by atoms with Gasteiger partial charge in [0.1, 0.15) is 0 Å². The molecule has 1 aliphatic rings. The summed E-state index contributed by atoms with van der Waals surface area (Å²) < 4.78 is 2.95. The molecule has 0 bridgehead atoms. The Kier molecular flexibility index (Phi) is 8.40. The molecule has 1 fully saturated rings. The molecule has 0 saturated carbocycles. The predicted molar refractivity (Wildman–Crippen MR) is 145 cm³/mol. The third-order valence-electron chi connectivity index (χ3n) is 7.50. The summed E-state index contributed by atoms with van der Waals surface area (Å²) in [5, 5.41) is 2.83. The van der Waals surface area contributed by atoms with Crippen molar-refractivity contribution in [3.05, 3.63) is 73.0 Å². The monoisotopic (exact) mass is 455 g/mol. The summed E-state index contributed by atoms with van der Waals surface area (Å²) in [5.41, 5.74) is 4.12. The number of benzene rings is 2. The molecule has 1 saturated heterocycles. The molecule has 31 heavy (non-hydrogen) atoms. The normalized spacial score (nSPS) is 21.0. The highest BCUT2D eigenvalue weighted by Gasteiger charge is 2.58. The highest BCUT2D eigenvalue weighted by Crippen LogP contribution is 2.84. The minimum atomic E-state index is -2.00. The second-order valence-electron chi connectivity index (χ2n) is 9.48. The predicted octanol–water partition coefficient (Wildman–Crippen LogP) is 8.16. The van der Waals surface area contributed by atoms with Crippen LogP contribution in [-0.4, -0.2) is 22.3 Å². The molecular weight excluding hydrogens is 412 g/mol. The van der Waals surface area contributed by atoms with E-state index in [2.05, 4.69) is 87.6 Å². The highest BCUT2D eigenvalue weighted by molar-refractivity contribution is 7.97. The van der Waals surface area contributed by atoms with Crippen LogP contribution in [0.5, 0.6) is 0 Å². The zero-order valence-corrected chi connectivity index (χ0v) is 22.3. The van der Waals surface area contributed by atoms with Gasteiger partial charge in [0.05, 0.1) is 35.9 Å². The fourth-order valence-corrected chi connectivity index (χ4v) is 16.2. The zero-order valence-electron chi connectivity index (χ0n) is 20.5. The summed E-state index contributed by atoms with van der Waals surface area (Å²) in [4.78, 5) is 0.